The summed E-state index contributed by atoms with van der Waals surface area (Å²) < 4.78 is 0. The Labute approximate surface area is 311 Å². The van der Waals surface area contributed by atoms with Gasteiger partial charge in [-0.2, -0.15) is 0 Å². The summed E-state index contributed by atoms with van der Waals surface area (Å²) in [5.74, 6) is -0.950. The molecular formula is C40H36N10O4. The molecule has 0 saturated carbocycles. The van der Waals surface area contributed by atoms with Crippen molar-refractivity contribution in [3.05, 3.63) is 119 Å². The highest BCUT2D eigenvalue weighted by Gasteiger charge is 2.11. The highest BCUT2D eigenvalue weighted by atomic mass is 16.2. The lowest BCUT2D eigenvalue weighted by molar-refractivity contribution is -0.115. The first kappa shape index (κ1) is 37.8. The van der Waals surface area contributed by atoms with E-state index in [1.807, 2.05) is 0 Å². The number of carbonyl (C=O) groups is 4. The predicted molar refractivity (Wildman–Crippen MR) is 212 cm³/mol. The number of aromatic nitrogens is 6. The summed E-state index contributed by atoms with van der Waals surface area (Å²) in [6.45, 7) is 5.69. The number of amides is 4. The zero-order chi connectivity index (χ0) is 38.5. The van der Waals surface area contributed by atoms with Gasteiger partial charge in [-0.3, -0.25) is 39.1 Å². The molecule has 0 aromatic carbocycles. The number of pyridine rings is 4. The summed E-state index contributed by atoms with van der Waals surface area (Å²) in [6, 6.07) is 6.76. The molecule has 14 nitrogen and oxygen atoms in total. The molecule has 5 heterocycles. The molecule has 0 bridgehead atoms. The highest BCUT2D eigenvalue weighted by Crippen LogP contribution is 2.25. The van der Waals surface area contributed by atoms with Crippen molar-refractivity contribution in [1.29, 1.82) is 0 Å². The Balaban J connectivity index is 1.70. The minimum absolute atomic E-state index is 0.237. The van der Waals surface area contributed by atoms with Crippen LogP contribution in [0.15, 0.2) is 73.8 Å². The van der Waals surface area contributed by atoms with Crippen LogP contribution >= 0.6 is 0 Å². The Kier molecular flexibility index (Phi) is 12.7. The van der Waals surface area contributed by atoms with E-state index >= 15 is 0 Å². The van der Waals surface area contributed by atoms with Crippen molar-refractivity contribution in [3.63, 3.8) is 0 Å². The van der Waals surface area contributed by atoms with Crippen molar-refractivity contribution in [2.24, 2.45) is 0 Å². The minimum atomic E-state index is -0.237. The Hall–Kier alpha value is -7.48. The molecule has 5 rings (SSSR count). The van der Waals surface area contributed by atoms with E-state index in [2.05, 4.69) is 41.2 Å². The molecule has 0 fully saturated rings. The molecule has 0 atom stereocenters. The molecule has 4 amide bonds. The van der Waals surface area contributed by atoms with Crippen molar-refractivity contribution in [2.75, 3.05) is 21.3 Å². The van der Waals surface area contributed by atoms with Gasteiger partial charge in [-0.1, -0.05) is 0 Å². The zero-order valence-electron chi connectivity index (χ0n) is 29.9. The second-order valence-corrected chi connectivity index (χ2v) is 11.7. The van der Waals surface area contributed by atoms with E-state index in [9.17, 15) is 19.2 Å². The van der Waals surface area contributed by atoms with Gasteiger partial charge in [0.15, 0.2) is 0 Å². The van der Waals surface area contributed by atoms with Gasteiger partial charge >= 0.3 is 0 Å². The van der Waals surface area contributed by atoms with Gasteiger partial charge in [-0.25, -0.2) is 9.97 Å². The lowest BCUT2D eigenvalue weighted by atomic mass is 10.1. The number of rotatable bonds is 12. The largest absolute Gasteiger partial charge is 0.326 e. The van der Waals surface area contributed by atoms with Gasteiger partial charge in [0.05, 0.1) is 45.5 Å². The van der Waals surface area contributed by atoms with E-state index in [1.165, 1.54) is 27.7 Å². The fourth-order valence-corrected chi connectivity index (χ4v) is 5.03. The Morgan fingerprint density at radius 1 is 0.389 bits per heavy atom. The van der Waals surface area contributed by atoms with Gasteiger partial charge in [0, 0.05) is 99.5 Å². The number of hydrogen-bond donors (Lipinski definition) is 4. The van der Waals surface area contributed by atoms with Crippen LogP contribution < -0.4 is 21.3 Å². The van der Waals surface area contributed by atoms with Gasteiger partial charge < -0.3 is 21.3 Å². The van der Waals surface area contributed by atoms with Crippen molar-refractivity contribution < 1.29 is 19.2 Å². The van der Waals surface area contributed by atoms with Crippen LogP contribution in [0.2, 0.25) is 0 Å². The predicted octanol–water partition coefficient (Wildman–Crippen LogP) is 6.57. The van der Waals surface area contributed by atoms with Crippen LogP contribution in [-0.2, 0) is 19.2 Å². The molecular weight excluding hydrogens is 685 g/mol. The molecule has 0 radical (unpaired) electrons. The third kappa shape index (κ3) is 10.8. The fraction of sp³-hybridized carbons (Fsp3) is 0.100. The number of anilines is 4. The summed E-state index contributed by atoms with van der Waals surface area (Å²) in [5, 5.41) is 11.2. The fourth-order valence-electron chi connectivity index (χ4n) is 5.03. The van der Waals surface area contributed by atoms with Crippen molar-refractivity contribution in [1.82, 2.24) is 29.9 Å². The number of nitrogens with one attached hydrogen (secondary N) is 4. The molecule has 5 aromatic heterocycles. The second kappa shape index (κ2) is 18.1. The summed E-state index contributed by atoms with van der Waals surface area (Å²) in [6.07, 6.45) is 26.8. The third-order valence-corrected chi connectivity index (χ3v) is 7.34. The van der Waals surface area contributed by atoms with E-state index in [1.54, 1.807) is 122 Å². The summed E-state index contributed by atoms with van der Waals surface area (Å²) in [7, 11) is 0. The lowest BCUT2D eigenvalue weighted by Gasteiger charge is -2.10. The maximum Gasteiger partial charge on any atom is 0.221 e. The number of nitrogens with zero attached hydrogens (tertiary/aromatic N) is 6. The van der Waals surface area contributed by atoms with Crippen LogP contribution in [0.1, 0.15) is 72.7 Å². The summed E-state index contributed by atoms with van der Waals surface area (Å²) >= 11 is 0. The third-order valence-electron chi connectivity index (χ3n) is 7.34. The molecule has 5 aromatic rings. The topological polar surface area (TPSA) is 194 Å². The average Bonchev–Trinajstić information content (AvgIpc) is 3.13. The second-order valence-electron chi connectivity index (χ2n) is 11.7. The van der Waals surface area contributed by atoms with Gasteiger partial charge in [0.2, 0.25) is 23.6 Å². The van der Waals surface area contributed by atoms with Crippen molar-refractivity contribution in [2.45, 2.75) is 27.7 Å². The number of carbonyl (C=O) groups excluding carboxylic acids is 4. The van der Waals surface area contributed by atoms with Crippen LogP contribution in [0, 0.1) is 0 Å². The van der Waals surface area contributed by atoms with Crippen molar-refractivity contribution in [3.8, 4) is 0 Å². The van der Waals surface area contributed by atoms with Crippen LogP contribution in [0.3, 0.4) is 0 Å². The maximum absolute atomic E-state index is 11.9. The van der Waals surface area contributed by atoms with E-state index in [-0.39, 0.29) is 23.6 Å². The first-order valence-corrected chi connectivity index (χ1v) is 16.6. The van der Waals surface area contributed by atoms with Crippen LogP contribution in [-0.4, -0.2) is 53.5 Å². The van der Waals surface area contributed by atoms with Crippen LogP contribution in [0.5, 0.6) is 0 Å². The molecule has 0 aliphatic heterocycles. The van der Waals surface area contributed by atoms with Gasteiger partial charge in [-0.05, 0) is 72.9 Å². The smallest absolute Gasteiger partial charge is 0.221 e. The van der Waals surface area contributed by atoms with Gasteiger partial charge in [0.25, 0.3) is 0 Å². The van der Waals surface area contributed by atoms with E-state index in [0.29, 0.717) is 67.8 Å². The van der Waals surface area contributed by atoms with Crippen molar-refractivity contribution >= 4 is 95.0 Å². The molecule has 0 aliphatic carbocycles. The first-order chi connectivity index (χ1) is 26.0. The molecule has 0 saturated heterocycles. The Morgan fingerprint density at radius 2 is 0.611 bits per heavy atom. The first-order valence-electron chi connectivity index (χ1n) is 16.6. The van der Waals surface area contributed by atoms with E-state index < -0.39 is 0 Å². The minimum Gasteiger partial charge on any atom is -0.326 e. The normalized spacial score (nSPS) is 11.3. The zero-order valence-corrected chi connectivity index (χ0v) is 29.9. The van der Waals surface area contributed by atoms with Crippen LogP contribution in [0.4, 0.5) is 22.7 Å². The Morgan fingerprint density at radius 3 is 0.815 bits per heavy atom. The molecule has 0 spiro atoms. The highest BCUT2D eigenvalue weighted by molar-refractivity contribution is 5.95. The molecule has 0 unspecified atom stereocenters. The van der Waals surface area contributed by atoms with E-state index in [4.69, 9.17) is 9.97 Å². The summed E-state index contributed by atoms with van der Waals surface area (Å²) in [4.78, 5) is 74.6. The molecule has 270 valence electrons. The number of hydrogen-bond acceptors (Lipinski definition) is 10. The summed E-state index contributed by atoms with van der Waals surface area (Å²) in [5.41, 5.74) is 6.52. The molecule has 0 aliphatic rings. The average molecular weight is 721 g/mol. The van der Waals surface area contributed by atoms with Gasteiger partial charge in [-0.15, -0.1) is 0 Å². The Bertz CT molecular complexity index is 2010. The van der Waals surface area contributed by atoms with Gasteiger partial charge in [0.1, 0.15) is 0 Å². The lowest BCUT2D eigenvalue weighted by Crippen LogP contribution is -2.07. The molecule has 4 N–H and O–H groups in total. The SMILES string of the molecule is CC(=O)Nc1ccncc1C=Cc1nc(C=Cc2cnccc2NC(C)=O)c(C=Cc2cnccc2NC(C)=O)nc1C=Cc1cnccc1NC(C)=O. The monoisotopic (exact) mass is 720 g/mol. The molecule has 14 heteroatoms. The van der Waals surface area contributed by atoms with Crippen LogP contribution in [0.25, 0.3) is 48.6 Å². The quantitative estimate of drug-likeness (QED) is 0.109. The maximum atomic E-state index is 11.9. The van der Waals surface area contributed by atoms with E-state index in [0.717, 1.165) is 0 Å². The standard InChI is InChI=1S/C40H36N10O4/c1-25(51)45-33-13-17-41-21-29(33)5-9-37-38(10-6-30-22-42-18-14-34(30)46-26(2)52)50-40(12-8-32-24-44-20-16-36(32)48-28(4)54)39(49-37)11-7-31-23-43-19-15-35(31)47-27(3)53/h5-24H,1-4H3,(H,41,45,51)(H,42,46,52)(H,43,47,53)(H,44,48,54). The molecule has 54 heavy (non-hydrogen) atoms.